The van der Waals surface area contributed by atoms with Crippen molar-refractivity contribution >= 4 is 23.2 Å². The summed E-state index contributed by atoms with van der Waals surface area (Å²) in [5.41, 5.74) is 0.528. The van der Waals surface area contributed by atoms with Crippen molar-refractivity contribution < 1.29 is 9.18 Å². The third kappa shape index (κ3) is 2.17. The summed E-state index contributed by atoms with van der Waals surface area (Å²) in [5, 5.41) is 11.8. The molecule has 2 aromatic rings. The van der Waals surface area contributed by atoms with E-state index in [2.05, 4.69) is 20.7 Å². The summed E-state index contributed by atoms with van der Waals surface area (Å²) in [6.07, 6.45) is 1.28. The van der Waals surface area contributed by atoms with Gasteiger partial charge in [0.15, 0.2) is 5.69 Å². The van der Waals surface area contributed by atoms with Gasteiger partial charge in [0.1, 0.15) is 5.82 Å². The van der Waals surface area contributed by atoms with Gasteiger partial charge in [-0.25, -0.2) is 4.39 Å². The van der Waals surface area contributed by atoms with Gasteiger partial charge in [0.25, 0.3) is 5.91 Å². The van der Waals surface area contributed by atoms with E-state index < -0.39 is 11.7 Å². The molecule has 1 aromatic carbocycles. The van der Waals surface area contributed by atoms with E-state index in [1.807, 2.05) is 0 Å². The van der Waals surface area contributed by atoms with Gasteiger partial charge < -0.3 is 5.32 Å². The van der Waals surface area contributed by atoms with Crippen LogP contribution in [0.5, 0.6) is 0 Å². The fourth-order valence-corrected chi connectivity index (χ4v) is 1.26. The van der Waals surface area contributed by atoms with Crippen molar-refractivity contribution in [2.75, 3.05) is 5.32 Å². The molecular formula is C9H6ClFN4O. The Kier molecular flexibility index (Phi) is 2.82. The largest absolute Gasteiger partial charge is 0.320 e. The van der Waals surface area contributed by atoms with E-state index in [0.717, 1.165) is 0 Å². The normalized spacial score (nSPS) is 10.1. The number of carbonyl (C=O) groups excluding carboxylic acids is 1. The van der Waals surface area contributed by atoms with E-state index in [0.29, 0.717) is 5.69 Å². The van der Waals surface area contributed by atoms with Crippen LogP contribution in [-0.2, 0) is 0 Å². The summed E-state index contributed by atoms with van der Waals surface area (Å²) in [7, 11) is 0. The van der Waals surface area contributed by atoms with Crippen LogP contribution >= 0.6 is 11.6 Å². The Morgan fingerprint density at radius 3 is 2.94 bits per heavy atom. The lowest BCUT2D eigenvalue weighted by atomic mass is 10.3. The molecule has 5 nitrogen and oxygen atoms in total. The number of carbonyl (C=O) groups is 1. The highest BCUT2D eigenvalue weighted by Gasteiger charge is 2.09. The Bertz CT molecular complexity index is 514. The molecule has 1 heterocycles. The molecule has 0 aliphatic heterocycles. The second-order valence-corrected chi connectivity index (χ2v) is 3.35. The minimum Gasteiger partial charge on any atom is -0.320 e. The maximum Gasteiger partial charge on any atom is 0.277 e. The van der Waals surface area contributed by atoms with Crippen molar-refractivity contribution in [3.8, 4) is 0 Å². The van der Waals surface area contributed by atoms with Crippen LogP contribution in [0.4, 0.5) is 10.1 Å². The molecule has 7 heteroatoms. The lowest BCUT2D eigenvalue weighted by Gasteiger charge is -2.03. The first kappa shape index (κ1) is 10.6. The molecule has 0 spiro atoms. The summed E-state index contributed by atoms with van der Waals surface area (Å²) in [4.78, 5) is 11.5. The van der Waals surface area contributed by atoms with Gasteiger partial charge in [0.05, 0.1) is 11.2 Å². The first-order valence-electron chi connectivity index (χ1n) is 4.29. The van der Waals surface area contributed by atoms with Gasteiger partial charge in [-0.1, -0.05) is 11.6 Å². The molecule has 0 saturated carbocycles. The van der Waals surface area contributed by atoms with E-state index in [-0.39, 0.29) is 10.7 Å². The summed E-state index contributed by atoms with van der Waals surface area (Å²) >= 11 is 5.56. The Hall–Kier alpha value is -1.95. The minimum absolute atomic E-state index is 0.0575. The van der Waals surface area contributed by atoms with E-state index in [9.17, 15) is 9.18 Å². The van der Waals surface area contributed by atoms with Crippen molar-refractivity contribution in [3.05, 3.63) is 40.9 Å². The highest BCUT2D eigenvalue weighted by molar-refractivity contribution is 6.31. The number of rotatable bonds is 2. The fraction of sp³-hybridized carbons (Fsp3) is 0. The molecule has 0 fully saturated rings. The number of benzene rings is 1. The van der Waals surface area contributed by atoms with Gasteiger partial charge in [0, 0.05) is 5.69 Å². The number of aromatic nitrogens is 3. The molecule has 1 aromatic heterocycles. The topological polar surface area (TPSA) is 70.7 Å². The zero-order chi connectivity index (χ0) is 11.5. The van der Waals surface area contributed by atoms with Crippen LogP contribution in [0.15, 0.2) is 24.4 Å². The summed E-state index contributed by atoms with van der Waals surface area (Å²) in [5.74, 6) is -0.988. The number of nitrogens with one attached hydrogen (secondary N) is 2. The second kappa shape index (κ2) is 4.28. The molecule has 0 aliphatic rings. The highest BCUT2D eigenvalue weighted by Crippen LogP contribution is 2.19. The molecule has 16 heavy (non-hydrogen) atoms. The Balaban J connectivity index is 2.15. The van der Waals surface area contributed by atoms with Crippen LogP contribution in [0.25, 0.3) is 0 Å². The van der Waals surface area contributed by atoms with Crippen LogP contribution in [-0.4, -0.2) is 21.3 Å². The van der Waals surface area contributed by atoms with Crippen LogP contribution in [0, 0.1) is 5.82 Å². The maximum atomic E-state index is 12.8. The van der Waals surface area contributed by atoms with Gasteiger partial charge >= 0.3 is 0 Å². The second-order valence-electron chi connectivity index (χ2n) is 2.94. The Morgan fingerprint density at radius 2 is 2.31 bits per heavy atom. The number of hydrogen-bond acceptors (Lipinski definition) is 3. The van der Waals surface area contributed by atoms with Gasteiger partial charge in [-0.2, -0.15) is 15.4 Å². The van der Waals surface area contributed by atoms with Crippen molar-refractivity contribution in [3.63, 3.8) is 0 Å². The third-order valence-corrected chi connectivity index (χ3v) is 2.11. The number of nitrogens with zero attached hydrogens (tertiary/aromatic N) is 2. The van der Waals surface area contributed by atoms with Crippen LogP contribution < -0.4 is 5.32 Å². The zero-order valence-corrected chi connectivity index (χ0v) is 8.62. The predicted octanol–water partition coefficient (Wildman–Crippen LogP) is 1.85. The average molecular weight is 241 g/mol. The average Bonchev–Trinajstić information content (AvgIpc) is 2.77. The van der Waals surface area contributed by atoms with Crippen molar-refractivity contribution in [1.29, 1.82) is 0 Å². The van der Waals surface area contributed by atoms with Gasteiger partial charge in [0.2, 0.25) is 0 Å². The standard InChI is InChI=1S/C9H6ClFN4O/c10-6-3-5(1-2-7(6)11)13-9(16)8-4-12-15-14-8/h1-4H,(H,13,16)(H,12,14,15). The van der Waals surface area contributed by atoms with Gasteiger partial charge in [-0.3, -0.25) is 4.79 Å². The fourth-order valence-electron chi connectivity index (χ4n) is 1.08. The lowest BCUT2D eigenvalue weighted by molar-refractivity contribution is 0.102. The number of anilines is 1. The van der Waals surface area contributed by atoms with Crippen LogP contribution in [0.2, 0.25) is 5.02 Å². The molecule has 2 rings (SSSR count). The third-order valence-electron chi connectivity index (χ3n) is 1.83. The number of hydrogen-bond donors (Lipinski definition) is 2. The minimum atomic E-state index is -0.541. The summed E-state index contributed by atoms with van der Waals surface area (Å²) in [6.45, 7) is 0. The Labute approximate surface area is 94.6 Å². The van der Waals surface area contributed by atoms with Gasteiger partial charge in [-0.05, 0) is 18.2 Å². The molecule has 0 aliphatic carbocycles. The molecule has 2 N–H and O–H groups in total. The number of H-pyrrole nitrogens is 1. The van der Waals surface area contributed by atoms with E-state index in [4.69, 9.17) is 11.6 Å². The molecule has 0 unspecified atom stereocenters. The SMILES string of the molecule is O=C(Nc1ccc(F)c(Cl)c1)c1cn[nH]n1. The molecule has 0 saturated heterocycles. The van der Waals surface area contributed by atoms with Crippen molar-refractivity contribution in [2.45, 2.75) is 0 Å². The summed E-state index contributed by atoms with van der Waals surface area (Å²) < 4.78 is 12.8. The molecular weight excluding hydrogens is 235 g/mol. The van der Waals surface area contributed by atoms with E-state index in [1.165, 1.54) is 24.4 Å². The molecule has 0 bridgehead atoms. The molecule has 0 atom stereocenters. The van der Waals surface area contributed by atoms with Crippen LogP contribution in [0.1, 0.15) is 10.5 Å². The highest BCUT2D eigenvalue weighted by atomic mass is 35.5. The van der Waals surface area contributed by atoms with Gasteiger partial charge in [-0.15, -0.1) is 0 Å². The van der Waals surface area contributed by atoms with Crippen molar-refractivity contribution in [2.24, 2.45) is 0 Å². The number of halogens is 2. The quantitative estimate of drug-likeness (QED) is 0.842. The van der Waals surface area contributed by atoms with Crippen molar-refractivity contribution in [1.82, 2.24) is 15.4 Å². The Morgan fingerprint density at radius 1 is 1.50 bits per heavy atom. The van der Waals surface area contributed by atoms with E-state index >= 15 is 0 Å². The predicted molar refractivity (Wildman–Crippen MR) is 55.7 cm³/mol. The molecule has 82 valence electrons. The smallest absolute Gasteiger partial charge is 0.277 e. The molecule has 0 radical (unpaired) electrons. The maximum absolute atomic E-state index is 12.8. The first-order chi connectivity index (χ1) is 7.66. The summed E-state index contributed by atoms with van der Waals surface area (Å²) in [6, 6.07) is 3.88. The zero-order valence-electron chi connectivity index (χ0n) is 7.87. The lowest BCUT2D eigenvalue weighted by Crippen LogP contribution is -2.12. The molecule has 1 amide bonds. The number of aromatic amines is 1. The monoisotopic (exact) mass is 240 g/mol. The van der Waals surface area contributed by atoms with Crippen LogP contribution in [0.3, 0.4) is 0 Å². The number of amides is 1. The first-order valence-corrected chi connectivity index (χ1v) is 4.67. The van der Waals surface area contributed by atoms with E-state index in [1.54, 1.807) is 0 Å².